The second-order valence-corrected chi connectivity index (χ2v) is 9.67. The minimum atomic E-state index is -0.772. The summed E-state index contributed by atoms with van der Waals surface area (Å²) in [6.07, 6.45) is 3.57. The van der Waals surface area contributed by atoms with E-state index in [9.17, 15) is 14.0 Å². The maximum absolute atomic E-state index is 15.1. The number of rotatable bonds is 13. The summed E-state index contributed by atoms with van der Waals surface area (Å²) in [5, 5.41) is 0. The number of hydrogen-bond acceptors (Lipinski definition) is 5. The van der Waals surface area contributed by atoms with Gasteiger partial charge < -0.3 is 14.2 Å². The largest absolute Gasteiger partial charge is 0.494 e. The first-order valence-corrected chi connectivity index (χ1v) is 13.1. The van der Waals surface area contributed by atoms with E-state index in [0.29, 0.717) is 29.9 Å². The molecule has 0 fully saturated rings. The SMILES string of the molecule is C=C(C)C(=O)OCCCCCCOc1ccc(-c2ccc(-c3ccc(OC(=O)C(=C)C)c(F)c3)c(F)c2)c(C)c1. The van der Waals surface area contributed by atoms with Crippen LogP contribution in [0.5, 0.6) is 11.5 Å². The number of benzene rings is 3. The first-order valence-electron chi connectivity index (χ1n) is 13.1. The molecule has 0 unspecified atom stereocenters. The Morgan fingerprint density at radius 1 is 0.725 bits per heavy atom. The Kier molecular flexibility index (Phi) is 10.8. The van der Waals surface area contributed by atoms with Crippen molar-refractivity contribution in [1.29, 1.82) is 0 Å². The molecule has 0 aliphatic heterocycles. The number of hydrogen-bond donors (Lipinski definition) is 0. The minimum absolute atomic E-state index is 0.146. The van der Waals surface area contributed by atoms with Crippen LogP contribution in [0, 0.1) is 18.6 Å². The zero-order valence-electron chi connectivity index (χ0n) is 23.2. The lowest BCUT2D eigenvalue weighted by Crippen LogP contribution is -2.09. The molecule has 0 atom stereocenters. The third-order valence-corrected chi connectivity index (χ3v) is 6.16. The molecule has 3 aromatic carbocycles. The van der Waals surface area contributed by atoms with E-state index < -0.39 is 17.6 Å². The summed E-state index contributed by atoms with van der Waals surface area (Å²) in [5.41, 5.74) is 3.57. The fourth-order valence-corrected chi connectivity index (χ4v) is 3.94. The Bertz CT molecular complexity index is 1410. The molecule has 0 aromatic heterocycles. The number of halogens is 2. The smallest absolute Gasteiger partial charge is 0.338 e. The Hall–Kier alpha value is -4.26. The Labute approximate surface area is 234 Å². The Balaban J connectivity index is 1.56. The van der Waals surface area contributed by atoms with E-state index in [1.165, 1.54) is 25.1 Å². The van der Waals surface area contributed by atoms with Gasteiger partial charge in [-0.3, -0.25) is 0 Å². The van der Waals surface area contributed by atoms with E-state index in [1.807, 2.05) is 25.1 Å². The number of ether oxygens (including phenoxy) is 3. The predicted octanol–water partition coefficient (Wildman–Crippen LogP) is 8.15. The van der Waals surface area contributed by atoms with Gasteiger partial charge in [0.2, 0.25) is 0 Å². The second-order valence-electron chi connectivity index (χ2n) is 9.67. The second kappa shape index (κ2) is 14.2. The molecule has 0 aliphatic carbocycles. The number of esters is 2. The average molecular weight is 549 g/mol. The van der Waals surface area contributed by atoms with Crippen molar-refractivity contribution in [2.24, 2.45) is 0 Å². The molecule has 0 aliphatic rings. The first-order chi connectivity index (χ1) is 19.1. The van der Waals surface area contributed by atoms with Crippen LogP contribution in [0.1, 0.15) is 45.1 Å². The molecule has 0 spiro atoms. The zero-order chi connectivity index (χ0) is 29.2. The molecule has 210 valence electrons. The molecule has 0 bridgehead atoms. The van der Waals surface area contributed by atoms with E-state index in [-0.39, 0.29) is 22.9 Å². The van der Waals surface area contributed by atoms with Crippen LogP contribution in [0.4, 0.5) is 8.78 Å². The summed E-state index contributed by atoms with van der Waals surface area (Å²) >= 11 is 0. The van der Waals surface area contributed by atoms with Crippen molar-refractivity contribution in [3.05, 3.63) is 96.1 Å². The van der Waals surface area contributed by atoms with Gasteiger partial charge in [-0.1, -0.05) is 37.4 Å². The normalized spacial score (nSPS) is 10.6. The third kappa shape index (κ3) is 8.37. The average Bonchev–Trinajstić information content (AvgIpc) is 2.91. The van der Waals surface area contributed by atoms with Crippen LogP contribution >= 0.6 is 0 Å². The highest BCUT2D eigenvalue weighted by atomic mass is 19.1. The van der Waals surface area contributed by atoms with Gasteiger partial charge in [-0.2, -0.15) is 0 Å². The Morgan fingerprint density at radius 3 is 1.95 bits per heavy atom. The summed E-state index contributed by atoms with van der Waals surface area (Å²) in [7, 11) is 0. The van der Waals surface area contributed by atoms with Crippen molar-refractivity contribution in [1.82, 2.24) is 0 Å². The summed E-state index contributed by atoms with van der Waals surface area (Å²) in [6.45, 7) is 13.0. The highest BCUT2D eigenvalue weighted by Gasteiger charge is 2.14. The molecule has 7 heteroatoms. The molecule has 0 amide bonds. The van der Waals surface area contributed by atoms with Gasteiger partial charge in [-0.05, 0) is 99.0 Å². The van der Waals surface area contributed by atoms with Crippen LogP contribution in [-0.2, 0) is 14.3 Å². The van der Waals surface area contributed by atoms with Gasteiger partial charge in [0.1, 0.15) is 11.6 Å². The monoisotopic (exact) mass is 548 g/mol. The summed E-state index contributed by atoms with van der Waals surface area (Å²) < 4.78 is 45.5. The Morgan fingerprint density at radius 2 is 1.32 bits per heavy atom. The molecule has 0 saturated carbocycles. The molecule has 0 saturated heterocycles. The molecule has 3 rings (SSSR count). The van der Waals surface area contributed by atoms with Crippen LogP contribution < -0.4 is 9.47 Å². The van der Waals surface area contributed by atoms with Crippen LogP contribution in [0.3, 0.4) is 0 Å². The minimum Gasteiger partial charge on any atom is -0.494 e. The molecule has 5 nitrogen and oxygen atoms in total. The maximum Gasteiger partial charge on any atom is 0.338 e. The van der Waals surface area contributed by atoms with E-state index in [2.05, 4.69) is 13.2 Å². The van der Waals surface area contributed by atoms with Crippen LogP contribution in [0.2, 0.25) is 0 Å². The lowest BCUT2D eigenvalue weighted by Gasteiger charge is -2.12. The zero-order valence-corrected chi connectivity index (χ0v) is 23.2. The van der Waals surface area contributed by atoms with Crippen LogP contribution in [0.15, 0.2) is 78.9 Å². The fourth-order valence-electron chi connectivity index (χ4n) is 3.94. The molecular formula is C33H34F2O5. The van der Waals surface area contributed by atoms with Crippen molar-refractivity contribution in [3.8, 4) is 33.8 Å². The van der Waals surface area contributed by atoms with Gasteiger partial charge in [-0.25, -0.2) is 18.4 Å². The van der Waals surface area contributed by atoms with Gasteiger partial charge >= 0.3 is 11.9 Å². The molecular weight excluding hydrogens is 514 g/mol. The lowest BCUT2D eigenvalue weighted by molar-refractivity contribution is -0.139. The van der Waals surface area contributed by atoms with Crippen molar-refractivity contribution >= 4 is 11.9 Å². The van der Waals surface area contributed by atoms with E-state index in [4.69, 9.17) is 14.2 Å². The summed E-state index contributed by atoms with van der Waals surface area (Å²) in [6, 6.07) is 14.4. The fraction of sp³-hybridized carbons (Fsp3) is 0.273. The van der Waals surface area contributed by atoms with E-state index >= 15 is 4.39 Å². The van der Waals surface area contributed by atoms with E-state index in [0.717, 1.165) is 48.6 Å². The lowest BCUT2D eigenvalue weighted by atomic mass is 9.96. The van der Waals surface area contributed by atoms with Crippen molar-refractivity contribution < 1.29 is 32.6 Å². The molecule has 0 N–H and O–H groups in total. The number of carbonyl (C=O) groups is 2. The van der Waals surface area contributed by atoms with Crippen LogP contribution in [-0.4, -0.2) is 25.2 Å². The predicted molar refractivity (Wildman–Crippen MR) is 152 cm³/mol. The quantitative estimate of drug-likeness (QED) is 0.0934. The number of carbonyl (C=O) groups excluding carboxylic acids is 2. The number of aryl methyl sites for hydroxylation is 1. The van der Waals surface area contributed by atoms with Gasteiger partial charge in [0.05, 0.1) is 13.2 Å². The van der Waals surface area contributed by atoms with Gasteiger partial charge in [-0.15, -0.1) is 0 Å². The number of unbranched alkanes of at least 4 members (excludes halogenated alkanes) is 3. The van der Waals surface area contributed by atoms with Gasteiger partial charge in [0.15, 0.2) is 11.6 Å². The maximum atomic E-state index is 15.1. The molecule has 0 heterocycles. The third-order valence-electron chi connectivity index (χ3n) is 6.16. The van der Waals surface area contributed by atoms with Gasteiger partial charge in [0.25, 0.3) is 0 Å². The standard InChI is InChI=1S/C33H34F2O5/c1-21(2)32(36)39-17-9-7-6-8-16-38-26-12-14-27(23(5)18-26)24-10-13-28(29(34)19-24)25-11-15-31(30(35)20-25)40-33(37)22(3)4/h10-15,18-20H,1,3,6-9,16-17H2,2,4-5H3. The van der Waals surface area contributed by atoms with Crippen molar-refractivity contribution in [2.45, 2.75) is 46.5 Å². The van der Waals surface area contributed by atoms with Gasteiger partial charge in [0, 0.05) is 16.7 Å². The van der Waals surface area contributed by atoms with Crippen molar-refractivity contribution in [3.63, 3.8) is 0 Å². The van der Waals surface area contributed by atoms with Crippen LogP contribution in [0.25, 0.3) is 22.3 Å². The van der Waals surface area contributed by atoms with Crippen molar-refractivity contribution in [2.75, 3.05) is 13.2 Å². The van der Waals surface area contributed by atoms with E-state index in [1.54, 1.807) is 19.1 Å². The molecule has 0 radical (unpaired) electrons. The first kappa shape index (κ1) is 30.3. The highest BCUT2D eigenvalue weighted by molar-refractivity contribution is 5.89. The molecule has 3 aromatic rings. The molecule has 40 heavy (non-hydrogen) atoms. The highest BCUT2D eigenvalue weighted by Crippen LogP contribution is 2.33. The summed E-state index contributed by atoms with van der Waals surface area (Å²) in [4.78, 5) is 23.0. The summed E-state index contributed by atoms with van der Waals surface area (Å²) in [5.74, 6) is -1.87. The topological polar surface area (TPSA) is 61.8 Å².